The fraction of sp³-hybridized carbons (Fsp3) is 0.857. The maximum absolute atomic E-state index is 9.70. The van der Waals surface area contributed by atoms with Crippen LogP contribution in [0.5, 0.6) is 0 Å². The molecule has 0 aromatic carbocycles. The Labute approximate surface area is 108 Å². The molecule has 2 N–H and O–H groups in total. The lowest BCUT2D eigenvalue weighted by atomic mass is 9.62. The topological polar surface area (TPSA) is 76.8 Å². The predicted octanol–water partition coefficient (Wildman–Crippen LogP) is 2.08. The van der Waals surface area contributed by atoms with E-state index in [0.29, 0.717) is 11.8 Å². The maximum atomic E-state index is 9.70. The van der Waals surface area contributed by atoms with Crippen LogP contribution in [0, 0.1) is 34.5 Å². The van der Waals surface area contributed by atoms with Crippen molar-refractivity contribution in [3.05, 3.63) is 0 Å². The van der Waals surface area contributed by atoms with E-state index in [1.165, 1.54) is 6.42 Å². The Bertz CT molecular complexity index is 434. The molecule has 4 heteroatoms. The van der Waals surface area contributed by atoms with Gasteiger partial charge in [-0.05, 0) is 43.9 Å². The summed E-state index contributed by atoms with van der Waals surface area (Å²) in [4.78, 5) is 0. The summed E-state index contributed by atoms with van der Waals surface area (Å²) in [5, 5.41) is 21.0. The molecule has 1 saturated heterocycles. The molecule has 4 nitrogen and oxygen atoms in total. The van der Waals surface area contributed by atoms with Crippen molar-refractivity contribution in [1.82, 2.24) is 5.01 Å². The van der Waals surface area contributed by atoms with Crippen LogP contribution in [0.15, 0.2) is 0 Å². The van der Waals surface area contributed by atoms with Gasteiger partial charge in [0.15, 0.2) is 0 Å². The van der Waals surface area contributed by atoms with Crippen LogP contribution in [0.1, 0.15) is 51.4 Å². The molecule has 18 heavy (non-hydrogen) atoms. The van der Waals surface area contributed by atoms with E-state index in [-0.39, 0.29) is 0 Å². The van der Waals surface area contributed by atoms with Gasteiger partial charge in [-0.15, -0.1) is 0 Å². The molecule has 0 amide bonds. The highest BCUT2D eigenvalue weighted by atomic mass is 15.5. The summed E-state index contributed by atoms with van der Waals surface area (Å²) >= 11 is 0. The first-order valence-electron chi connectivity index (χ1n) is 7.07. The molecular weight excluding hydrogens is 224 g/mol. The molecule has 0 bridgehead atoms. The molecule has 0 radical (unpaired) electrons. The van der Waals surface area contributed by atoms with Crippen LogP contribution in [-0.4, -0.2) is 16.1 Å². The van der Waals surface area contributed by atoms with E-state index in [1.807, 2.05) is 0 Å². The van der Waals surface area contributed by atoms with E-state index >= 15 is 0 Å². The van der Waals surface area contributed by atoms with Crippen LogP contribution in [0.25, 0.3) is 0 Å². The average Bonchev–Trinajstić information content (AvgIpc) is 2.83. The SMILES string of the molecule is N#C[C@]12CCC[C@H]1C[C@@H]1CCCC[C@@]1(C#N)N2N. The predicted molar refractivity (Wildman–Crippen MR) is 66.6 cm³/mol. The Morgan fingerprint density at radius 2 is 1.50 bits per heavy atom. The fourth-order valence-electron chi connectivity index (χ4n) is 4.65. The zero-order valence-corrected chi connectivity index (χ0v) is 10.7. The quantitative estimate of drug-likeness (QED) is 0.662. The number of rotatable bonds is 0. The van der Waals surface area contributed by atoms with Gasteiger partial charge in [0.05, 0.1) is 12.1 Å². The summed E-state index contributed by atoms with van der Waals surface area (Å²) in [5.74, 6) is 7.09. The van der Waals surface area contributed by atoms with Crippen LogP contribution >= 0.6 is 0 Å². The minimum Gasteiger partial charge on any atom is -0.266 e. The molecule has 4 atom stereocenters. The number of piperidine rings is 1. The first kappa shape index (κ1) is 12.0. The Morgan fingerprint density at radius 3 is 2.11 bits per heavy atom. The van der Waals surface area contributed by atoms with Crippen molar-refractivity contribution < 1.29 is 0 Å². The van der Waals surface area contributed by atoms with Crippen molar-refractivity contribution in [3.63, 3.8) is 0 Å². The first-order chi connectivity index (χ1) is 8.69. The third kappa shape index (κ3) is 1.25. The summed E-state index contributed by atoms with van der Waals surface area (Å²) < 4.78 is 0. The van der Waals surface area contributed by atoms with Crippen molar-refractivity contribution in [2.24, 2.45) is 17.7 Å². The van der Waals surface area contributed by atoms with Gasteiger partial charge in [-0.1, -0.05) is 19.3 Å². The third-order valence-electron chi connectivity index (χ3n) is 5.64. The molecule has 3 rings (SSSR count). The number of fused-ring (bicyclic) bond motifs is 2. The number of nitriles is 2. The van der Waals surface area contributed by atoms with Gasteiger partial charge in [0.1, 0.15) is 11.1 Å². The smallest absolute Gasteiger partial charge is 0.126 e. The van der Waals surface area contributed by atoms with Gasteiger partial charge in [-0.2, -0.15) is 10.5 Å². The lowest BCUT2D eigenvalue weighted by molar-refractivity contribution is -0.0864. The highest BCUT2D eigenvalue weighted by molar-refractivity contribution is 5.26. The van der Waals surface area contributed by atoms with Crippen molar-refractivity contribution in [2.45, 2.75) is 62.4 Å². The van der Waals surface area contributed by atoms with Crippen LogP contribution in [0.3, 0.4) is 0 Å². The molecule has 3 aliphatic rings. The number of hydrazine groups is 1. The van der Waals surface area contributed by atoms with Crippen LogP contribution in [0.2, 0.25) is 0 Å². The minimum absolute atomic E-state index is 0.367. The van der Waals surface area contributed by atoms with E-state index in [0.717, 1.165) is 44.9 Å². The van der Waals surface area contributed by atoms with Gasteiger partial charge in [-0.3, -0.25) is 5.84 Å². The van der Waals surface area contributed by atoms with Crippen LogP contribution in [-0.2, 0) is 0 Å². The summed E-state index contributed by atoms with van der Waals surface area (Å²) in [6.45, 7) is 0. The van der Waals surface area contributed by atoms with Gasteiger partial charge < -0.3 is 0 Å². The average molecular weight is 244 g/mol. The fourth-order valence-corrected chi connectivity index (χ4v) is 4.65. The normalized spacial score (nSPS) is 47.7. The van der Waals surface area contributed by atoms with Gasteiger partial charge in [0.2, 0.25) is 0 Å². The molecule has 2 saturated carbocycles. The number of hydrogen-bond acceptors (Lipinski definition) is 4. The first-order valence-corrected chi connectivity index (χ1v) is 7.07. The zero-order chi connectivity index (χ0) is 12.8. The standard InChI is InChI=1S/C14H20N4/c15-9-13-6-2-1-4-11(13)8-12-5-3-7-14(12,10-16)18(13)17/h11-12H,1-8,17H2/t11-,12-,13-,14+/m0/s1. The molecule has 0 spiro atoms. The number of nitrogens with zero attached hydrogens (tertiary/aromatic N) is 3. The summed E-state index contributed by atoms with van der Waals surface area (Å²) in [5.41, 5.74) is -1.14. The zero-order valence-electron chi connectivity index (χ0n) is 10.7. The highest BCUT2D eigenvalue weighted by Crippen LogP contribution is 2.55. The van der Waals surface area contributed by atoms with Crippen molar-refractivity contribution >= 4 is 0 Å². The number of hydrogen-bond donors (Lipinski definition) is 1. The van der Waals surface area contributed by atoms with Crippen molar-refractivity contribution in [3.8, 4) is 12.1 Å². The Balaban J connectivity index is 2.05. The summed E-state index contributed by atoms with van der Waals surface area (Å²) in [7, 11) is 0. The number of nitrogens with two attached hydrogens (primary N) is 1. The van der Waals surface area contributed by atoms with E-state index < -0.39 is 11.1 Å². The Kier molecular flexibility index (Phi) is 2.62. The second-order valence-corrected chi connectivity index (χ2v) is 6.21. The molecular formula is C14H20N4. The van der Waals surface area contributed by atoms with E-state index in [4.69, 9.17) is 5.84 Å². The largest absolute Gasteiger partial charge is 0.266 e. The third-order valence-corrected chi connectivity index (χ3v) is 5.64. The monoisotopic (exact) mass is 244 g/mol. The molecule has 1 aliphatic heterocycles. The molecule has 1 heterocycles. The van der Waals surface area contributed by atoms with Gasteiger partial charge in [0.25, 0.3) is 0 Å². The van der Waals surface area contributed by atoms with Crippen molar-refractivity contribution in [2.75, 3.05) is 0 Å². The van der Waals surface area contributed by atoms with Gasteiger partial charge in [-0.25, -0.2) is 5.01 Å². The molecule has 0 unspecified atom stereocenters. The Morgan fingerprint density at radius 1 is 0.944 bits per heavy atom. The summed E-state index contributed by atoms with van der Waals surface area (Å²) in [6, 6.07) is 4.96. The van der Waals surface area contributed by atoms with Crippen LogP contribution in [0.4, 0.5) is 0 Å². The van der Waals surface area contributed by atoms with Gasteiger partial charge >= 0.3 is 0 Å². The van der Waals surface area contributed by atoms with E-state index in [9.17, 15) is 10.5 Å². The molecule has 96 valence electrons. The second kappa shape index (κ2) is 3.95. The molecule has 2 aliphatic carbocycles. The van der Waals surface area contributed by atoms with Crippen LogP contribution < -0.4 is 5.84 Å². The van der Waals surface area contributed by atoms with E-state index in [2.05, 4.69) is 12.1 Å². The second-order valence-electron chi connectivity index (χ2n) is 6.21. The Hall–Kier alpha value is -1.10. The van der Waals surface area contributed by atoms with Crippen molar-refractivity contribution in [1.29, 1.82) is 10.5 Å². The lowest BCUT2D eigenvalue weighted by Gasteiger charge is -2.56. The minimum atomic E-state index is -0.575. The lowest BCUT2D eigenvalue weighted by Crippen LogP contribution is -2.71. The van der Waals surface area contributed by atoms with Gasteiger partial charge in [0, 0.05) is 0 Å². The molecule has 3 fully saturated rings. The summed E-state index contributed by atoms with van der Waals surface area (Å²) in [6.07, 6.45) is 8.22. The molecule has 0 aromatic rings. The maximum Gasteiger partial charge on any atom is 0.126 e. The van der Waals surface area contributed by atoms with E-state index in [1.54, 1.807) is 5.01 Å². The molecule has 0 aromatic heterocycles. The highest BCUT2D eigenvalue weighted by Gasteiger charge is 2.62.